The van der Waals surface area contributed by atoms with E-state index in [1.165, 1.54) is 11.8 Å². The minimum absolute atomic E-state index is 0.0727. The Hall–Kier alpha value is -3.83. The highest BCUT2D eigenvalue weighted by molar-refractivity contribution is 8.19. The number of carbonyl (C=O) groups is 1. The molecule has 1 fully saturated rings. The number of aromatic nitrogens is 1. The molecule has 1 aromatic heterocycles. The molecule has 0 spiro atoms. The van der Waals surface area contributed by atoms with Gasteiger partial charge in [0.05, 0.1) is 16.3 Å². The molecule has 1 amide bonds. The van der Waals surface area contributed by atoms with Crippen LogP contribution < -0.4 is 4.90 Å². The molecular weight excluding hydrogens is 414 g/mol. The Morgan fingerprint density at radius 1 is 0.906 bits per heavy atom. The summed E-state index contributed by atoms with van der Waals surface area (Å²) in [6.07, 6.45) is 5.92. The lowest BCUT2D eigenvalue weighted by molar-refractivity contribution is -0.113. The maximum atomic E-state index is 13.5. The van der Waals surface area contributed by atoms with Crippen LogP contribution in [0, 0.1) is 0 Å². The second-order valence-corrected chi connectivity index (χ2v) is 8.37. The predicted octanol–water partition coefficient (Wildman–Crippen LogP) is 6.64. The van der Waals surface area contributed by atoms with E-state index in [9.17, 15) is 4.79 Å². The Morgan fingerprint density at radius 3 is 2.34 bits per heavy atom. The van der Waals surface area contributed by atoms with Crippen molar-refractivity contribution < 1.29 is 4.79 Å². The summed E-state index contributed by atoms with van der Waals surface area (Å²) in [5.41, 5.74) is 3.74. The van der Waals surface area contributed by atoms with Gasteiger partial charge in [-0.1, -0.05) is 60.7 Å². The van der Waals surface area contributed by atoms with Crippen molar-refractivity contribution in [1.82, 2.24) is 4.57 Å². The molecule has 0 radical (unpaired) electrons. The molecule has 156 valence electrons. The van der Waals surface area contributed by atoms with E-state index in [1.54, 1.807) is 4.90 Å². The van der Waals surface area contributed by atoms with Gasteiger partial charge in [-0.25, -0.2) is 4.99 Å². The van der Waals surface area contributed by atoms with Crippen molar-refractivity contribution in [3.63, 3.8) is 0 Å². The molecule has 0 unspecified atom stereocenters. The smallest absolute Gasteiger partial charge is 0.271 e. The zero-order valence-electron chi connectivity index (χ0n) is 17.4. The van der Waals surface area contributed by atoms with Gasteiger partial charge < -0.3 is 4.57 Å². The highest BCUT2D eigenvalue weighted by Gasteiger charge is 2.34. The Balaban J connectivity index is 1.61. The van der Waals surface area contributed by atoms with Gasteiger partial charge in [-0.05, 0) is 48.2 Å². The van der Waals surface area contributed by atoms with Crippen molar-refractivity contribution in [2.24, 2.45) is 4.99 Å². The Morgan fingerprint density at radius 2 is 1.59 bits per heavy atom. The zero-order chi connectivity index (χ0) is 21.9. The van der Waals surface area contributed by atoms with Crippen LogP contribution in [0.4, 0.5) is 11.4 Å². The van der Waals surface area contributed by atoms with Crippen LogP contribution in [0.2, 0.25) is 0 Å². The number of allylic oxidation sites excluding steroid dienone is 1. The Kier molecular flexibility index (Phi) is 5.48. The van der Waals surface area contributed by atoms with Gasteiger partial charge in [0.1, 0.15) is 0 Å². The van der Waals surface area contributed by atoms with Crippen LogP contribution in [-0.2, 0) is 11.3 Å². The number of aliphatic imine (C=N–C) groups is 1. The maximum Gasteiger partial charge on any atom is 0.271 e. The van der Waals surface area contributed by atoms with Crippen LogP contribution in [0.5, 0.6) is 0 Å². The summed E-state index contributed by atoms with van der Waals surface area (Å²) in [6.45, 7) is 4.57. The number of anilines is 1. The van der Waals surface area contributed by atoms with Crippen LogP contribution in [-0.4, -0.2) is 15.6 Å². The third kappa shape index (κ3) is 3.79. The second-order valence-electron chi connectivity index (χ2n) is 7.36. The van der Waals surface area contributed by atoms with Crippen molar-refractivity contribution in [3.05, 3.63) is 114 Å². The van der Waals surface area contributed by atoms with Crippen LogP contribution >= 0.6 is 11.8 Å². The first-order valence-corrected chi connectivity index (χ1v) is 11.2. The molecule has 32 heavy (non-hydrogen) atoms. The number of para-hydroxylation sites is 3. The van der Waals surface area contributed by atoms with Gasteiger partial charge in [-0.3, -0.25) is 9.69 Å². The summed E-state index contributed by atoms with van der Waals surface area (Å²) in [5, 5.41) is 1.75. The molecule has 4 aromatic rings. The molecule has 5 heteroatoms. The summed E-state index contributed by atoms with van der Waals surface area (Å²) < 4.78 is 2.15. The third-order valence-electron chi connectivity index (χ3n) is 5.23. The van der Waals surface area contributed by atoms with E-state index in [0.29, 0.717) is 16.6 Å². The summed E-state index contributed by atoms with van der Waals surface area (Å²) >= 11 is 1.40. The van der Waals surface area contributed by atoms with Gasteiger partial charge >= 0.3 is 0 Å². The fraction of sp³-hybridized carbons (Fsp3) is 0.0370. The lowest BCUT2D eigenvalue weighted by Crippen LogP contribution is -2.28. The molecule has 4 nitrogen and oxygen atoms in total. The van der Waals surface area contributed by atoms with Crippen molar-refractivity contribution in [1.29, 1.82) is 0 Å². The highest BCUT2D eigenvalue weighted by atomic mass is 32.2. The lowest BCUT2D eigenvalue weighted by atomic mass is 10.1. The molecule has 2 heterocycles. The van der Waals surface area contributed by atoms with Crippen molar-refractivity contribution in [2.75, 3.05) is 4.90 Å². The molecule has 5 rings (SSSR count). The maximum absolute atomic E-state index is 13.5. The summed E-state index contributed by atoms with van der Waals surface area (Å²) in [6, 6.07) is 27.6. The number of hydrogen-bond donors (Lipinski definition) is 0. The van der Waals surface area contributed by atoms with E-state index in [4.69, 9.17) is 4.99 Å². The SMILES string of the molecule is C=CCn1cc(/C=C2/SC(=Nc3ccccc3)N(c3ccccc3)C2=O)c2ccccc21. The van der Waals surface area contributed by atoms with Gasteiger partial charge in [0.2, 0.25) is 0 Å². The standard InChI is InChI=1S/C27H21N3OS/c1-2-17-29-19-20(23-15-9-10-16-24(23)29)18-25-26(31)30(22-13-7-4-8-14-22)27(32-25)28-21-11-5-3-6-12-21/h2-16,18-19H,1,17H2/b25-18+,28-27?. The molecule has 1 aliphatic heterocycles. The molecule has 0 bridgehead atoms. The number of benzene rings is 3. The minimum Gasteiger partial charge on any atom is -0.343 e. The highest BCUT2D eigenvalue weighted by Crippen LogP contribution is 2.38. The number of rotatable bonds is 5. The monoisotopic (exact) mass is 435 g/mol. The summed E-state index contributed by atoms with van der Waals surface area (Å²) in [7, 11) is 0. The topological polar surface area (TPSA) is 37.6 Å². The first-order chi connectivity index (χ1) is 15.7. The van der Waals surface area contributed by atoms with Gasteiger partial charge in [-0.15, -0.1) is 6.58 Å². The molecule has 1 aliphatic rings. The van der Waals surface area contributed by atoms with Gasteiger partial charge in [-0.2, -0.15) is 0 Å². The Labute approximate surface area is 191 Å². The Bertz CT molecular complexity index is 1350. The van der Waals surface area contributed by atoms with E-state index in [0.717, 1.165) is 27.8 Å². The number of nitrogens with zero attached hydrogens (tertiary/aromatic N) is 3. The van der Waals surface area contributed by atoms with Crippen molar-refractivity contribution in [2.45, 2.75) is 6.54 Å². The molecule has 0 aliphatic carbocycles. The minimum atomic E-state index is -0.0727. The van der Waals surface area contributed by atoms with E-state index in [1.807, 2.05) is 84.9 Å². The molecule has 0 N–H and O–H groups in total. The fourth-order valence-electron chi connectivity index (χ4n) is 3.79. The molecule has 0 saturated carbocycles. The normalized spacial score (nSPS) is 16.4. The average Bonchev–Trinajstić information content (AvgIpc) is 3.33. The number of thioether (sulfide) groups is 1. The number of amides is 1. The fourth-order valence-corrected chi connectivity index (χ4v) is 4.78. The van der Waals surface area contributed by atoms with Crippen molar-refractivity contribution in [3.8, 4) is 0 Å². The summed E-state index contributed by atoms with van der Waals surface area (Å²) in [4.78, 5) is 20.6. The molecule has 0 atom stereocenters. The largest absolute Gasteiger partial charge is 0.343 e. The van der Waals surface area contributed by atoms with Crippen LogP contribution in [0.25, 0.3) is 17.0 Å². The number of hydrogen-bond acceptors (Lipinski definition) is 3. The van der Waals surface area contributed by atoms with E-state index in [2.05, 4.69) is 29.5 Å². The number of amidine groups is 1. The number of fused-ring (bicyclic) bond motifs is 1. The van der Waals surface area contributed by atoms with Crippen LogP contribution in [0.15, 0.2) is 114 Å². The van der Waals surface area contributed by atoms with Gasteiger partial charge in [0.15, 0.2) is 5.17 Å². The molecule has 3 aromatic carbocycles. The van der Waals surface area contributed by atoms with Gasteiger partial charge in [0.25, 0.3) is 5.91 Å². The predicted molar refractivity (Wildman–Crippen MR) is 135 cm³/mol. The summed E-state index contributed by atoms with van der Waals surface area (Å²) in [5.74, 6) is -0.0727. The van der Waals surface area contributed by atoms with E-state index >= 15 is 0 Å². The van der Waals surface area contributed by atoms with Gasteiger partial charge in [0, 0.05) is 29.2 Å². The van der Waals surface area contributed by atoms with Crippen molar-refractivity contribution >= 4 is 51.2 Å². The molecular formula is C27H21N3OS. The van der Waals surface area contributed by atoms with Crippen LogP contribution in [0.3, 0.4) is 0 Å². The van der Waals surface area contributed by atoms with E-state index < -0.39 is 0 Å². The second kappa shape index (κ2) is 8.73. The third-order valence-corrected chi connectivity index (χ3v) is 6.20. The zero-order valence-corrected chi connectivity index (χ0v) is 18.2. The van der Waals surface area contributed by atoms with Crippen LogP contribution in [0.1, 0.15) is 5.56 Å². The quantitative estimate of drug-likeness (QED) is 0.260. The average molecular weight is 436 g/mol. The number of carbonyl (C=O) groups excluding carboxylic acids is 1. The lowest BCUT2D eigenvalue weighted by Gasteiger charge is -2.15. The van der Waals surface area contributed by atoms with E-state index in [-0.39, 0.29) is 5.91 Å². The first kappa shape index (κ1) is 20.1. The first-order valence-electron chi connectivity index (χ1n) is 10.4. The molecule has 1 saturated heterocycles.